The molecule has 0 aliphatic heterocycles. The Bertz CT molecular complexity index is 980. The van der Waals surface area contributed by atoms with E-state index in [1.54, 1.807) is 26.8 Å². The SMILES string of the molecule is CCONC(=O)c1cnc(C)cc1Nc1cc(F)c(CC)cc1S(=O)(=O)NC. The summed E-state index contributed by atoms with van der Waals surface area (Å²) in [7, 11) is -2.61. The maximum Gasteiger partial charge on any atom is 0.278 e. The van der Waals surface area contributed by atoms with Gasteiger partial charge in [-0.3, -0.25) is 14.6 Å². The highest BCUT2D eigenvalue weighted by molar-refractivity contribution is 7.89. The number of nitrogens with one attached hydrogen (secondary N) is 3. The summed E-state index contributed by atoms with van der Waals surface area (Å²) in [4.78, 5) is 21.2. The number of amides is 1. The third-order valence-electron chi connectivity index (χ3n) is 3.95. The van der Waals surface area contributed by atoms with Gasteiger partial charge in [0.15, 0.2) is 0 Å². The Balaban J connectivity index is 2.58. The van der Waals surface area contributed by atoms with E-state index in [-0.39, 0.29) is 34.0 Å². The van der Waals surface area contributed by atoms with Crippen LogP contribution in [-0.4, -0.2) is 33.0 Å². The molecule has 1 heterocycles. The standard InChI is InChI=1S/C18H23FN4O4S/c1-5-12-8-17(28(25,26)20-4)16(9-14(12)19)22-15-7-11(3)21-10-13(15)18(24)23-27-6-2/h7-10,20H,5-6H2,1-4H3,(H,21,22)(H,23,24). The third-order valence-corrected chi connectivity index (χ3v) is 5.41. The van der Waals surface area contributed by atoms with Gasteiger partial charge in [0.25, 0.3) is 5.91 Å². The van der Waals surface area contributed by atoms with E-state index in [1.807, 2.05) is 0 Å². The van der Waals surface area contributed by atoms with Crippen molar-refractivity contribution in [2.24, 2.45) is 0 Å². The van der Waals surface area contributed by atoms with Crippen LogP contribution in [0.25, 0.3) is 0 Å². The Hall–Kier alpha value is -2.56. The number of carbonyl (C=O) groups is 1. The number of halogens is 1. The Morgan fingerprint density at radius 2 is 1.93 bits per heavy atom. The van der Waals surface area contributed by atoms with Gasteiger partial charge in [0.2, 0.25) is 10.0 Å². The summed E-state index contributed by atoms with van der Waals surface area (Å²) in [5, 5.41) is 2.86. The fourth-order valence-electron chi connectivity index (χ4n) is 2.48. The van der Waals surface area contributed by atoms with Crippen LogP contribution < -0.4 is 15.5 Å². The van der Waals surface area contributed by atoms with Crippen molar-refractivity contribution >= 4 is 27.3 Å². The van der Waals surface area contributed by atoms with Crippen molar-refractivity contribution in [2.75, 3.05) is 19.0 Å². The molecule has 3 N–H and O–H groups in total. The highest BCUT2D eigenvalue weighted by Gasteiger charge is 2.22. The second-order valence-electron chi connectivity index (χ2n) is 5.86. The van der Waals surface area contributed by atoms with Crippen LogP contribution in [0.5, 0.6) is 0 Å². The monoisotopic (exact) mass is 410 g/mol. The molecule has 1 aromatic heterocycles. The summed E-state index contributed by atoms with van der Waals surface area (Å²) in [6, 6.07) is 3.93. The van der Waals surface area contributed by atoms with E-state index in [0.717, 1.165) is 6.07 Å². The van der Waals surface area contributed by atoms with Crippen LogP contribution in [0, 0.1) is 12.7 Å². The number of rotatable bonds is 8. The lowest BCUT2D eigenvalue weighted by Crippen LogP contribution is -2.25. The smallest absolute Gasteiger partial charge is 0.278 e. The molecule has 0 fully saturated rings. The zero-order valence-corrected chi connectivity index (χ0v) is 16.9. The Kier molecular flexibility index (Phi) is 7.05. The zero-order chi connectivity index (χ0) is 20.9. The van der Waals surface area contributed by atoms with Crippen molar-refractivity contribution in [1.29, 1.82) is 0 Å². The number of benzene rings is 1. The van der Waals surface area contributed by atoms with Crippen molar-refractivity contribution < 1.29 is 22.4 Å². The van der Waals surface area contributed by atoms with E-state index in [2.05, 4.69) is 20.5 Å². The molecule has 0 aliphatic rings. The molecule has 0 aliphatic carbocycles. The molecule has 10 heteroatoms. The van der Waals surface area contributed by atoms with E-state index in [4.69, 9.17) is 4.84 Å². The molecule has 8 nitrogen and oxygen atoms in total. The van der Waals surface area contributed by atoms with Crippen LogP contribution in [0.15, 0.2) is 29.3 Å². The molecule has 1 aromatic carbocycles. The first-order chi connectivity index (χ1) is 13.2. The molecule has 0 saturated heterocycles. The highest BCUT2D eigenvalue weighted by Crippen LogP contribution is 2.30. The Morgan fingerprint density at radius 3 is 2.54 bits per heavy atom. The van der Waals surface area contributed by atoms with Crippen molar-refractivity contribution in [3.8, 4) is 0 Å². The molecule has 0 bridgehead atoms. The molecule has 1 amide bonds. The minimum absolute atomic E-state index is 0.000102. The predicted octanol–water partition coefficient (Wildman–Crippen LogP) is 2.42. The zero-order valence-electron chi connectivity index (χ0n) is 16.1. The van der Waals surface area contributed by atoms with E-state index >= 15 is 0 Å². The molecule has 2 aromatic rings. The summed E-state index contributed by atoms with van der Waals surface area (Å²) in [6.07, 6.45) is 1.66. The largest absolute Gasteiger partial charge is 0.354 e. The number of aromatic nitrogens is 1. The first-order valence-corrected chi connectivity index (χ1v) is 10.1. The Morgan fingerprint density at radius 1 is 1.21 bits per heavy atom. The van der Waals surface area contributed by atoms with E-state index in [9.17, 15) is 17.6 Å². The summed E-state index contributed by atoms with van der Waals surface area (Å²) in [5.41, 5.74) is 3.48. The van der Waals surface area contributed by atoms with E-state index in [0.29, 0.717) is 12.1 Å². The minimum Gasteiger partial charge on any atom is -0.354 e. The number of hydrogen-bond donors (Lipinski definition) is 3. The summed E-state index contributed by atoms with van der Waals surface area (Å²) in [6.45, 7) is 5.41. The lowest BCUT2D eigenvalue weighted by Gasteiger charge is -2.17. The Labute approximate surface area is 163 Å². The third kappa shape index (κ3) is 4.83. The molecular weight excluding hydrogens is 387 g/mol. The lowest BCUT2D eigenvalue weighted by molar-refractivity contribution is 0.0365. The lowest BCUT2D eigenvalue weighted by atomic mass is 10.1. The van der Waals surface area contributed by atoms with Gasteiger partial charge < -0.3 is 5.32 Å². The summed E-state index contributed by atoms with van der Waals surface area (Å²) >= 11 is 0. The molecule has 0 unspecified atom stereocenters. The number of aryl methyl sites for hydroxylation is 2. The number of hydrogen-bond acceptors (Lipinski definition) is 6. The molecule has 2 rings (SSSR count). The number of carbonyl (C=O) groups excluding carboxylic acids is 1. The van der Waals surface area contributed by atoms with Crippen LogP contribution in [0.4, 0.5) is 15.8 Å². The maximum atomic E-state index is 14.4. The molecule has 0 saturated carbocycles. The maximum absolute atomic E-state index is 14.4. The summed E-state index contributed by atoms with van der Waals surface area (Å²) < 4.78 is 41.5. The van der Waals surface area contributed by atoms with Gasteiger partial charge >= 0.3 is 0 Å². The molecule has 0 radical (unpaired) electrons. The number of pyridine rings is 1. The fraction of sp³-hybridized carbons (Fsp3) is 0.333. The van der Waals surface area contributed by atoms with Gasteiger partial charge in [-0.2, -0.15) is 0 Å². The van der Waals surface area contributed by atoms with Gasteiger partial charge in [0, 0.05) is 11.9 Å². The average molecular weight is 410 g/mol. The highest BCUT2D eigenvalue weighted by atomic mass is 32.2. The van der Waals surface area contributed by atoms with Gasteiger partial charge in [0.1, 0.15) is 10.7 Å². The van der Waals surface area contributed by atoms with Crippen molar-refractivity contribution in [2.45, 2.75) is 32.1 Å². The first kappa shape index (κ1) is 21.7. The molecule has 28 heavy (non-hydrogen) atoms. The average Bonchev–Trinajstić information content (AvgIpc) is 2.66. The van der Waals surface area contributed by atoms with Gasteiger partial charge in [-0.15, -0.1) is 0 Å². The number of hydroxylamine groups is 1. The quantitative estimate of drug-likeness (QED) is 0.577. The van der Waals surface area contributed by atoms with Gasteiger partial charge in [-0.25, -0.2) is 23.0 Å². The normalized spacial score (nSPS) is 11.3. The second-order valence-corrected chi connectivity index (χ2v) is 7.72. The molecule has 0 spiro atoms. The fourth-order valence-corrected chi connectivity index (χ4v) is 3.40. The van der Waals surface area contributed by atoms with Gasteiger partial charge in [-0.1, -0.05) is 6.92 Å². The minimum atomic E-state index is -3.88. The van der Waals surface area contributed by atoms with Crippen LogP contribution in [0.2, 0.25) is 0 Å². The molecule has 152 valence electrons. The first-order valence-electron chi connectivity index (χ1n) is 8.65. The predicted molar refractivity (Wildman–Crippen MR) is 103 cm³/mol. The number of nitrogens with zero attached hydrogens (tertiary/aromatic N) is 1. The van der Waals surface area contributed by atoms with Crippen LogP contribution in [0.3, 0.4) is 0 Å². The van der Waals surface area contributed by atoms with E-state index in [1.165, 1.54) is 19.3 Å². The van der Waals surface area contributed by atoms with Crippen LogP contribution in [0.1, 0.15) is 35.5 Å². The van der Waals surface area contributed by atoms with Gasteiger partial charge in [-0.05, 0) is 51.1 Å². The van der Waals surface area contributed by atoms with Crippen molar-refractivity contribution in [1.82, 2.24) is 15.2 Å². The van der Waals surface area contributed by atoms with Gasteiger partial charge in [0.05, 0.1) is 23.5 Å². The van der Waals surface area contributed by atoms with Crippen molar-refractivity contribution in [3.05, 3.63) is 47.0 Å². The van der Waals surface area contributed by atoms with E-state index < -0.39 is 21.7 Å². The van der Waals surface area contributed by atoms with Crippen LogP contribution in [-0.2, 0) is 21.3 Å². The summed E-state index contributed by atoms with van der Waals surface area (Å²) in [5.74, 6) is -1.12. The van der Waals surface area contributed by atoms with Crippen molar-refractivity contribution in [3.63, 3.8) is 0 Å². The second kappa shape index (κ2) is 9.09. The topological polar surface area (TPSA) is 109 Å². The van der Waals surface area contributed by atoms with Crippen LogP contribution >= 0.6 is 0 Å². The molecule has 0 atom stereocenters. The number of anilines is 2. The number of sulfonamides is 1. The molecular formula is C18H23FN4O4S.